The lowest BCUT2D eigenvalue weighted by Gasteiger charge is -2.36. The summed E-state index contributed by atoms with van der Waals surface area (Å²) in [5.74, 6) is 1.52. The summed E-state index contributed by atoms with van der Waals surface area (Å²) in [7, 11) is 0. The molecule has 1 saturated heterocycles. The second-order valence-electron chi connectivity index (χ2n) is 7.09. The van der Waals surface area contributed by atoms with Crippen LogP contribution in [-0.2, 0) is 17.8 Å². The van der Waals surface area contributed by atoms with Crippen LogP contribution in [0.4, 0.5) is 5.69 Å². The molecule has 150 valence electrons. The number of aromatic nitrogens is 2. The highest BCUT2D eigenvalue weighted by molar-refractivity contribution is 5.78. The fraction of sp³-hybridized carbons (Fsp3) is 0.318. The van der Waals surface area contributed by atoms with Crippen molar-refractivity contribution < 1.29 is 14.1 Å². The molecule has 1 aliphatic rings. The number of carbonyl (C=O) groups excluding carboxylic acids is 1. The number of nitrogens with zero attached hydrogens (tertiary/aromatic N) is 4. The normalized spacial score (nSPS) is 14.1. The highest BCUT2D eigenvalue weighted by atomic mass is 16.5. The molecule has 4 rings (SSSR count). The molecule has 2 heterocycles. The third kappa shape index (κ3) is 4.93. The average Bonchev–Trinajstić information content (AvgIpc) is 3.20. The molecule has 0 atom stereocenters. The Balaban J connectivity index is 1.26. The molecule has 1 amide bonds. The largest absolute Gasteiger partial charge is 0.484 e. The van der Waals surface area contributed by atoms with E-state index in [1.807, 2.05) is 54.3 Å². The zero-order valence-corrected chi connectivity index (χ0v) is 16.5. The number of piperazine rings is 1. The maximum atomic E-state index is 12.6. The molecule has 1 aromatic heterocycles. The van der Waals surface area contributed by atoms with Gasteiger partial charge in [-0.2, -0.15) is 4.98 Å². The monoisotopic (exact) mass is 392 g/mol. The predicted molar refractivity (Wildman–Crippen MR) is 109 cm³/mol. The first-order valence-corrected chi connectivity index (χ1v) is 9.76. The Hall–Kier alpha value is -3.35. The van der Waals surface area contributed by atoms with E-state index >= 15 is 0 Å². The Morgan fingerprint density at radius 1 is 1.07 bits per heavy atom. The summed E-state index contributed by atoms with van der Waals surface area (Å²) < 4.78 is 10.9. The van der Waals surface area contributed by atoms with Gasteiger partial charge in [-0.3, -0.25) is 4.79 Å². The van der Waals surface area contributed by atoms with E-state index in [2.05, 4.69) is 27.2 Å². The Bertz CT molecular complexity index is 949. The SMILES string of the molecule is Cc1cccc(OCc2nc(CC(=O)N3CCN(c4ccccc4)CC3)no2)c1. The van der Waals surface area contributed by atoms with Crippen molar-refractivity contribution >= 4 is 11.6 Å². The molecule has 0 radical (unpaired) electrons. The van der Waals surface area contributed by atoms with Crippen LogP contribution in [0.5, 0.6) is 5.75 Å². The maximum Gasteiger partial charge on any atom is 0.264 e. The van der Waals surface area contributed by atoms with E-state index < -0.39 is 0 Å². The van der Waals surface area contributed by atoms with Crippen LogP contribution in [0.3, 0.4) is 0 Å². The molecule has 0 saturated carbocycles. The van der Waals surface area contributed by atoms with Gasteiger partial charge in [0.2, 0.25) is 5.91 Å². The number of ether oxygens (including phenoxy) is 1. The summed E-state index contributed by atoms with van der Waals surface area (Å²) in [5, 5.41) is 3.92. The van der Waals surface area contributed by atoms with Gasteiger partial charge in [-0.05, 0) is 36.8 Å². The van der Waals surface area contributed by atoms with Crippen LogP contribution in [0.15, 0.2) is 59.1 Å². The fourth-order valence-electron chi connectivity index (χ4n) is 3.37. The lowest BCUT2D eigenvalue weighted by atomic mass is 10.2. The van der Waals surface area contributed by atoms with E-state index in [4.69, 9.17) is 9.26 Å². The van der Waals surface area contributed by atoms with Gasteiger partial charge in [0.15, 0.2) is 12.4 Å². The van der Waals surface area contributed by atoms with E-state index in [1.165, 1.54) is 5.69 Å². The molecule has 7 heteroatoms. The molecule has 2 aromatic carbocycles. The topological polar surface area (TPSA) is 71.7 Å². The van der Waals surface area contributed by atoms with Gasteiger partial charge in [0.05, 0.1) is 6.42 Å². The van der Waals surface area contributed by atoms with E-state index in [0.29, 0.717) is 24.8 Å². The Kier molecular flexibility index (Phi) is 5.74. The highest BCUT2D eigenvalue weighted by Crippen LogP contribution is 2.16. The minimum atomic E-state index is 0.0182. The van der Waals surface area contributed by atoms with Crippen LogP contribution < -0.4 is 9.64 Å². The molecular weight excluding hydrogens is 368 g/mol. The highest BCUT2D eigenvalue weighted by Gasteiger charge is 2.23. The molecule has 0 aliphatic carbocycles. The molecule has 0 N–H and O–H groups in total. The summed E-state index contributed by atoms with van der Waals surface area (Å²) in [5.41, 5.74) is 2.31. The zero-order chi connectivity index (χ0) is 20.1. The molecular formula is C22H24N4O3. The summed E-state index contributed by atoms with van der Waals surface area (Å²) in [4.78, 5) is 21.0. The number of rotatable bonds is 6. The van der Waals surface area contributed by atoms with Gasteiger partial charge in [0.25, 0.3) is 5.89 Å². The third-order valence-electron chi connectivity index (χ3n) is 4.93. The second-order valence-corrected chi connectivity index (χ2v) is 7.09. The molecule has 0 unspecified atom stereocenters. The van der Waals surface area contributed by atoms with E-state index in [9.17, 15) is 4.79 Å². The first kappa shape index (κ1) is 19.0. The van der Waals surface area contributed by atoms with E-state index in [0.717, 1.165) is 24.4 Å². The number of carbonyl (C=O) groups is 1. The van der Waals surface area contributed by atoms with Crippen LogP contribution >= 0.6 is 0 Å². The molecule has 0 bridgehead atoms. The Morgan fingerprint density at radius 3 is 2.62 bits per heavy atom. The number of hydrogen-bond donors (Lipinski definition) is 0. The van der Waals surface area contributed by atoms with Crippen molar-refractivity contribution in [3.8, 4) is 5.75 Å². The number of anilines is 1. The van der Waals surface area contributed by atoms with Crippen LogP contribution in [0.1, 0.15) is 17.3 Å². The standard InChI is InChI=1S/C22H24N4O3/c1-17-6-5-9-19(14-17)28-16-21-23-20(24-29-21)15-22(27)26-12-10-25(11-13-26)18-7-3-2-4-8-18/h2-9,14H,10-13,15-16H2,1H3. The number of amides is 1. The molecule has 7 nitrogen and oxygen atoms in total. The first-order valence-electron chi connectivity index (χ1n) is 9.76. The van der Waals surface area contributed by atoms with Crippen molar-refractivity contribution in [2.24, 2.45) is 0 Å². The van der Waals surface area contributed by atoms with E-state index in [-0.39, 0.29) is 18.9 Å². The summed E-state index contributed by atoms with van der Waals surface area (Å²) in [6.07, 6.45) is 0.138. The van der Waals surface area contributed by atoms with Crippen molar-refractivity contribution in [2.45, 2.75) is 20.0 Å². The van der Waals surface area contributed by atoms with Crippen LogP contribution in [0.25, 0.3) is 0 Å². The Morgan fingerprint density at radius 2 is 1.86 bits per heavy atom. The van der Waals surface area contributed by atoms with Gasteiger partial charge in [-0.1, -0.05) is 35.5 Å². The number of hydrogen-bond acceptors (Lipinski definition) is 6. The van der Waals surface area contributed by atoms with Crippen LogP contribution in [0, 0.1) is 6.92 Å². The molecule has 0 spiro atoms. The van der Waals surface area contributed by atoms with Gasteiger partial charge in [0.1, 0.15) is 5.75 Å². The number of para-hydroxylation sites is 1. The van der Waals surface area contributed by atoms with Gasteiger partial charge < -0.3 is 19.1 Å². The van der Waals surface area contributed by atoms with Crippen molar-refractivity contribution in [1.82, 2.24) is 15.0 Å². The van der Waals surface area contributed by atoms with E-state index in [1.54, 1.807) is 0 Å². The van der Waals surface area contributed by atoms with Gasteiger partial charge in [-0.15, -0.1) is 0 Å². The van der Waals surface area contributed by atoms with Crippen molar-refractivity contribution in [1.29, 1.82) is 0 Å². The summed E-state index contributed by atoms with van der Waals surface area (Å²) in [6.45, 7) is 5.20. The van der Waals surface area contributed by atoms with Crippen LogP contribution in [0.2, 0.25) is 0 Å². The van der Waals surface area contributed by atoms with Crippen LogP contribution in [-0.4, -0.2) is 47.1 Å². The number of benzene rings is 2. The molecule has 3 aromatic rings. The quantitative estimate of drug-likeness (QED) is 0.642. The van der Waals surface area contributed by atoms with Crippen molar-refractivity contribution in [3.63, 3.8) is 0 Å². The predicted octanol–water partition coefficient (Wildman–Crippen LogP) is 2.85. The smallest absolute Gasteiger partial charge is 0.264 e. The Labute approximate surface area is 169 Å². The second kappa shape index (κ2) is 8.77. The lowest BCUT2D eigenvalue weighted by Crippen LogP contribution is -2.49. The van der Waals surface area contributed by atoms with Gasteiger partial charge in [0, 0.05) is 31.9 Å². The van der Waals surface area contributed by atoms with Gasteiger partial charge in [-0.25, -0.2) is 0 Å². The van der Waals surface area contributed by atoms with Gasteiger partial charge >= 0.3 is 0 Å². The van der Waals surface area contributed by atoms with Crippen molar-refractivity contribution in [2.75, 3.05) is 31.1 Å². The zero-order valence-electron chi connectivity index (χ0n) is 16.5. The lowest BCUT2D eigenvalue weighted by molar-refractivity contribution is -0.130. The first-order chi connectivity index (χ1) is 14.2. The maximum absolute atomic E-state index is 12.6. The minimum Gasteiger partial charge on any atom is -0.484 e. The summed E-state index contributed by atoms with van der Waals surface area (Å²) in [6, 6.07) is 18.0. The molecule has 29 heavy (non-hydrogen) atoms. The third-order valence-corrected chi connectivity index (χ3v) is 4.93. The van der Waals surface area contributed by atoms with Crippen molar-refractivity contribution in [3.05, 3.63) is 71.9 Å². The molecule has 1 fully saturated rings. The average molecular weight is 392 g/mol. The summed E-state index contributed by atoms with van der Waals surface area (Å²) >= 11 is 0. The number of aryl methyl sites for hydroxylation is 1. The minimum absolute atomic E-state index is 0.0182. The molecule has 1 aliphatic heterocycles. The fourth-order valence-corrected chi connectivity index (χ4v) is 3.37.